The molecule has 0 amide bonds. The molecule has 0 bridgehead atoms. The van der Waals surface area contributed by atoms with Gasteiger partial charge in [0, 0.05) is 53.4 Å². The van der Waals surface area contributed by atoms with Crippen LogP contribution in [-0.4, -0.2) is 18.9 Å². The van der Waals surface area contributed by atoms with Crippen LogP contribution in [0.25, 0.3) is 119 Å². The second-order valence-electron chi connectivity index (χ2n) is 14.1. The first-order valence-corrected chi connectivity index (χ1v) is 18.8. The van der Waals surface area contributed by atoms with Gasteiger partial charge in [0.05, 0.1) is 43.5 Å². The number of aromatic nitrogens is 4. The molecule has 0 fully saturated rings. The molecule has 5 aromatic heterocycles. The summed E-state index contributed by atoms with van der Waals surface area (Å²) in [7, 11) is 0. The van der Waals surface area contributed by atoms with Gasteiger partial charge in [0.2, 0.25) is 5.95 Å². The molecule has 5 heterocycles. The Morgan fingerprint density at radius 3 is 1.96 bits per heavy atom. The lowest BCUT2D eigenvalue weighted by molar-refractivity contribution is 1.02. The van der Waals surface area contributed by atoms with Crippen LogP contribution in [0.5, 0.6) is 0 Å². The molecule has 13 rings (SSSR count). The molecule has 0 saturated carbocycles. The third-order valence-corrected chi connectivity index (χ3v) is 12.6. The average Bonchev–Trinajstić information content (AvgIpc) is 3.95. The molecule has 5 heteroatoms. The summed E-state index contributed by atoms with van der Waals surface area (Å²) in [6.45, 7) is 0. The van der Waals surface area contributed by atoms with E-state index < -0.39 is 0 Å². The zero-order valence-corrected chi connectivity index (χ0v) is 29.0. The Labute approximate surface area is 305 Å². The van der Waals surface area contributed by atoms with Gasteiger partial charge in [-0.1, -0.05) is 127 Å². The van der Waals surface area contributed by atoms with Crippen LogP contribution >= 0.6 is 11.3 Å². The summed E-state index contributed by atoms with van der Waals surface area (Å²) in [5, 5.41) is 13.5. The first kappa shape index (κ1) is 27.8. The zero-order chi connectivity index (χ0) is 34.4. The van der Waals surface area contributed by atoms with Gasteiger partial charge in [-0.2, -0.15) is 0 Å². The van der Waals surface area contributed by atoms with Gasteiger partial charge in [0.15, 0.2) is 0 Å². The van der Waals surface area contributed by atoms with Crippen molar-refractivity contribution in [1.82, 2.24) is 18.9 Å². The second-order valence-corrected chi connectivity index (χ2v) is 15.2. The molecule has 0 aliphatic rings. The predicted molar refractivity (Wildman–Crippen MR) is 224 cm³/mol. The summed E-state index contributed by atoms with van der Waals surface area (Å²) in [5.41, 5.74) is 8.98. The highest BCUT2D eigenvalue weighted by atomic mass is 32.1. The van der Waals surface area contributed by atoms with Crippen molar-refractivity contribution in [2.75, 3.05) is 0 Å². The smallest absolute Gasteiger partial charge is 0.235 e. The molecule has 53 heavy (non-hydrogen) atoms. The fourth-order valence-corrected chi connectivity index (χ4v) is 10.3. The van der Waals surface area contributed by atoms with Crippen molar-refractivity contribution in [3.8, 4) is 17.2 Å². The number of hydrogen-bond acceptors (Lipinski definition) is 3. The lowest BCUT2D eigenvalue weighted by Gasteiger charge is -2.11. The number of nitrogens with zero attached hydrogens (tertiary/aromatic N) is 4. The minimum atomic E-state index is 0.683. The van der Waals surface area contributed by atoms with Crippen LogP contribution < -0.4 is 0 Å². The minimum absolute atomic E-state index is 0.683. The molecule has 244 valence electrons. The molecule has 0 N–H and O–H groups in total. The van der Waals surface area contributed by atoms with E-state index in [9.17, 15) is 0 Å². The van der Waals surface area contributed by atoms with Crippen molar-refractivity contribution < 1.29 is 0 Å². The van der Waals surface area contributed by atoms with E-state index in [0.717, 1.165) is 37.9 Å². The third kappa shape index (κ3) is 3.54. The summed E-state index contributed by atoms with van der Waals surface area (Å²) in [6, 6.07) is 57.3. The molecule has 0 radical (unpaired) electrons. The zero-order valence-electron chi connectivity index (χ0n) is 28.2. The fraction of sp³-hybridized carbons (Fsp3) is 0. The summed E-state index contributed by atoms with van der Waals surface area (Å²) in [5.74, 6) is 0.683. The molecule has 0 aliphatic heterocycles. The molecule has 0 aliphatic carbocycles. The van der Waals surface area contributed by atoms with E-state index in [1.165, 1.54) is 75.1 Å². The molecule has 0 unspecified atom stereocenters. The number of benzene rings is 8. The van der Waals surface area contributed by atoms with Crippen LogP contribution in [0.1, 0.15) is 0 Å². The molecule has 0 atom stereocenters. The lowest BCUT2D eigenvalue weighted by atomic mass is 10.0. The molecule has 0 saturated heterocycles. The highest BCUT2D eigenvalue weighted by Gasteiger charge is 2.27. The maximum atomic E-state index is 5.59. The standard InChI is InChI=1S/C48H26N4S/c1-2-13-29-25-30(22-21-27(29)11-1)42-47-43(34-17-7-10-20-40(34)53-47)50-48(49-42)52-39-19-9-6-16-33(39)37-26-36-32-15-5-8-18-38(32)51-44-31-14-4-3-12-28(31)23-24-35(44)41(45(36)51)46(37)52/h1-26H. The SMILES string of the molecule is c1ccc2cc(-c3nc(-n4c5ccccc5c5cc6c7ccccc7n7c8c9ccccc9ccc8c(c54)c67)nc4c3sc3ccccc34)ccc2c1. The largest absolute Gasteiger partial charge is 0.307 e. The van der Waals surface area contributed by atoms with E-state index in [1.807, 2.05) is 0 Å². The van der Waals surface area contributed by atoms with Gasteiger partial charge < -0.3 is 4.40 Å². The molecule has 13 aromatic rings. The maximum absolute atomic E-state index is 5.59. The normalized spacial score (nSPS) is 12.5. The summed E-state index contributed by atoms with van der Waals surface area (Å²) < 4.78 is 7.18. The van der Waals surface area contributed by atoms with Crippen LogP contribution in [0.3, 0.4) is 0 Å². The van der Waals surface area contributed by atoms with E-state index in [1.54, 1.807) is 11.3 Å². The summed E-state index contributed by atoms with van der Waals surface area (Å²) >= 11 is 1.78. The number of para-hydroxylation sites is 2. The van der Waals surface area contributed by atoms with Crippen molar-refractivity contribution in [3.63, 3.8) is 0 Å². The average molecular weight is 691 g/mol. The van der Waals surface area contributed by atoms with Crippen LogP contribution in [0.15, 0.2) is 158 Å². The second kappa shape index (κ2) is 9.94. The first-order valence-electron chi connectivity index (χ1n) is 18.0. The number of hydrogen-bond donors (Lipinski definition) is 0. The first-order chi connectivity index (χ1) is 26.3. The number of thiophene rings is 1. The van der Waals surface area contributed by atoms with Crippen LogP contribution in [0, 0.1) is 0 Å². The van der Waals surface area contributed by atoms with E-state index in [0.29, 0.717) is 5.95 Å². The van der Waals surface area contributed by atoms with Crippen molar-refractivity contribution in [2.24, 2.45) is 0 Å². The Bertz CT molecular complexity index is 3700. The van der Waals surface area contributed by atoms with Crippen LogP contribution in [0.2, 0.25) is 0 Å². The van der Waals surface area contributed by atoms with Crippen molar-refractivity contribution >= 4 is 113 Å². The van der Waals surface area contributed by atoms with Crippen molar-refractivity contribution in [1.29, 1.82) is 0 Å². The molecule has 4 nitrogen and oxygen atoms in total. The Morgan fingerprint density at radius 1 is 0.434 bits per heavy atom. The highest BCUT2D eigenvalue weighted by molar-refractivity contribution is 7.26. The number of fused-ring (bicyclic) bond motifs is 16. The van der Waals surface area contributed by atoms with Gasteiger partial charge in [-0.3, -0.25) is 4.57 Å². The Morgan fingerprint density at radius 2 is 1.09 bits per heavy atom. The summed E-state index contributed by atoms with van der Waals surface area (Å²) in [4.78, 5) is 11.1. The lowest BCUT2D eigenvalue weighted by Crippen LogP contribution is -2.03. The van der Waals surface area contributed by atoms with Gasteiger partial charge in [0.1, 0.15) is 0 Å². The van der Waals surface area contributed by atoms with Crippen LogP contribution in [0.4, 0.5) is 0 Å². The monoisotopic (exact) mass is 690 g/mol. The van der Waals surface area contributed by atoms with Crippen molar-refractivity contribution in [2.45, 2.75) is 0 Å². The van der Waals surface area contributed by atoms with Gasteiger partial charge >= 0.3 is 0 Å². The van der Waals surface area contributed by atoms with Gasteiger partial charge in [-0.05, 0) is 46.5 Å². The third-order valence-electron chi connectivity index (χ3n) is 11.4. The van der Waals surface area contributed by atoms with Gasteiger partial charge in [-0.15, -0.1) is 11.3 Å². The van der Waals surface area contributed by atoms with Gasteiger partial charge in [-0.25, -0.2) is 9.97 Å². The fourth-order valence-electron chi connectivity index (χ4n) is 9.18. The maximum Gasteiger partial charge on any atom is 0.235 e. The quantitative estimate of drug-likeness (QED) is 0.181. The topological polar surface area (TPSA) is 35.1 Å². The molecule has 0 spiro atoms. The van der Waals surface area contributed by atoms with E-state index >= 15 is 0 Å². The van der Waals surface area contributed by atoms with Crippen molar-refractivity contribution in [3.05, 3.63) is 158 Å². The number of rotatable bonds is 2. The van der Waals surface area contributed by atoms with Crippen LogP contribution in [-0.2, 0) is 0 Å². The molecular weight excluding hydrogens is 665 g/mol. The molecule has 8 aromatic carbocycles. The predicted octanol–water partition coefficient (Wildman–Crippen LogP) is 13.1. The van der Waals surface area contributed by atoms with E-state index in [-0.39, 0.29) is 0 Å². The highest BCUT2D eigenvalue weighted by Crippen LogP contribution is 2.48. The Balaban J connectivity index is 1.26. The van der Waals surface area contributed by atoms with E-state index in [4.69, 9.17) is 9.97 Å². The Hall–Kier alpha value is -6.82. The van der Waals surface area contributed by atoms with E-state index in [2.05, 4.69) is 167 Å². The molecular formula is C48H26N4S. The Kier molecular flexibility index (Phi) is 5.22. The summed E-state index contributed by atoms with van der Waals surface area (Å²) in [6.07, 6.45) is 0. The van der Waals surface area contributed by atoms with Gasteiger partial charge in [0.25, 0.3) is 0 Å². The minimum Gasteiger partial charge on any atom is -0.307 e.